The molecule has 0 saturated heterocycles. The van der Waals surface area contributed by atoms with Crippen LogP contribution in [0.4, 0.5) is 5.69 Å². The number of rotatable bonds is 5. The lowest BCUT2D eigenvalue weighted by molar-refractivity contribution is -0.120. The quantitative estimate of drug-likeness (QED) is 0.870. The second kappa shape index (κ2) is 7.97. The molecule has 1 aromatic carbocycles. The lowest BCUT2D eigenvalue weighted by Crippen LogP contribution is -2.32. The number of hydrogen-bond donors (Lipinski definition) is 2. The Morgan fingerprint density at radius 1 is 1.23 bits per heavy atom. The molecule has 0 heterocycles. The van der Waals surface area contributed by atoms with Crippen LogP contribution in [0.2, 0.25) is 0 Å². The molecule has 0 aromatic heterocycles. The van der Waals surface area contributed by atoms with Crippen LogP contribution in [0, 0.1) is 5.92 Å². The third kappa shape index (κ3) is 4.58. The third-order valence-electron chi connectivity index (χ3n) is 4.36. The van der Waals surface area contributed by atoms with Crippen molar-refractivity contribution in [1.82, 2.24) is 5.32 Å². The molecule has 2 amide bonds. The molecule has 22 heavy (non-hydrogen) atoms. The minimum Gasteiger partial charge on any atom is -0.350 e. The van der Waals surface area contributed by atoms with Crippen LogP contribution < -0.4 is 10.6 Å². The minimum atomic E-state index is -0.0943. The van der Waals surface area contributed by atoms with Gasteiger partial charge in [-0.15, -0.1) is 0 Å². The fourth-order valence-electron chi connectivity index (χ4n) is 2.76. The highest BCUT2D eigenvalue weighted by Gasteiger charge is 2.21. The topological polar surface area (TPSA) is 58.2 Å². The Kier molecular flexibility index (Phi) is 5.99. The van der Waals surface area contributed by atoms with E-state index in [2.05, 4.69) is 10.6 Å². The summed E-state index contributed by atoms with van der Waals surface area (Å²) in [4.78, 5) is 24.4. The van der Waals surface area contributed by atoms with E-state index in [1.165, 1.54) is 6.42 Å². The van der Waals surface area contributed by atoms with Gasteiger partial charge < -0.3 is 10.6 Å². The molecule has 2 N–H and O–H groups in total. The summed E-state index contributed by atoms with van der Waals surface area (Å²) in [6.07, 6.45) is 6.34. The van der Waals surface area contributed by atoms with Crippen molar-refractivity contribution in [2.45, 2.75) is 58.4 Å². The first kappa shape index (κ1) is 16.5. The summed E-state index contributed by atoms with van der Waals surface area (Å²) in [7, 11) is 0. The number of carbonyl (C=O) groups excluding carboxylic acids is 2. The van der Waals surface area contributed by atoms with Crippen molar-refractivity contribution in [2.75, 3.05) is 5.32 Å². The molecule has 1 unspecified atom stereocenters. The Balaban J connectivity index is 1.98. The van der Waals surface area contributed by atoms with E-state index in [0.717, 1.165) is 32.1 Å². The van der Waals surface area contributed by atoms with Gasteiger partial charge in [0.05, 0.1) is 0 Å². The van der Waals surface area contributed by atoms with Crippen LogP contribution in [0.1, 0.15) is 62.7 Å². The van der Waals surface area contributed by atoms with Crippen molar-refractivity contribution in [3.8, 4) is 0 Å². The highest BCUT2D eigenvalue weighted by molar-refractivity contribution is 5.97. The van der Waals surface area contributed by atoms with E-state index in [0.29, 0.717) is 11.3 Å². The number of benzene rings is 1. The monoisotopic (exact) mass is 302 g/mol. The highest BCUT2D eigenvalue weighted by Crippen LogP contribution is 2.25. The molecule has 0 bridgehead atoms. The SMILES string of the molecule is CCC(C)NC(=O)c1cccc(NC(=O)C2CCCCC2)c1. The zero-order valence-corrected chi connectivity index (χ0v) is 13.5. The molecule has 2 rings (SSSR count). The summed E-state index contributed by atoms with van der Waals surface area (Å²) in [5.41, 5.74) is 1.29. The van der Waals surface area contributed by atoms with Crippen LogP contribution in [-0.2, 0) is 4.79 Å². The van der Waals surface area contributed by atoms with Crippen molar-refractivity contribution in [2.24, 2.45) is 5.92 Å². The summed E-state index contributed by atoms with van der Waals surface area (Å²) in [6, 6.07) is 7.31. The molecule has 1 aromatic rings. The third-order valence-corrected chi connectivity index (χ3v) is 4.36. The predicted molar refractivity (Wildman–Crippen MR) is 88.9 cm³/mol. The fraction of sp³-hybridized carbons (Fsp3) is 0.556. The maximum absolute atomic E-state index is 12.3. The smallest absolute Gasteiger partial charge is 0.251 e. The molecular weight excluding hydrogens is 276 g/mol. The van der Waals surface area contributed by atoms with Crippen molar-refractivity contribution in [1.29, 1.82) is 0 Å². The Morgan fingerprint density at radius 3 is 2.64 bits per heavy atom. The fourth-order valence-corrected chi connectivity index (χ4v) is 2.76. The van der Waals surface area contributed by atoms with E-state index in [1.807, 2.05) is 26.0 Å². The van der Waals surface area contributed by atoms with Gasteiger partial charge in [-0.05, 0) is 44.4 Å². The Labute approximate surface area is 132 Å². The zero-order valence-electron chi connectivity index (χ0n) is 13.5. The first-order valence-electron chi connectivity index (χ1n) is 8.32. The normalized spacial score (nSPS) is 16.8. The first-order valence-corrected chi connectivity index (χ1v) is 8.32. The van der Waals surface area contributed by atoms with Crippen LogP contribution in [0.3, 0.4) is 0 Å². The van der Waals surface area contributed by atoms with Crippen molar-refractivity contribution in [3.63, 3.8) is 0 Å². The summed E-state index contributed by atoms with van der Waals surface area (Å²) in [6.45, 7) is 4.01. The lowest BCUT2D eigenvalue weighted by Gasteiger charge is -2.21. The lowest BCUT2D eigenvalue weighted by atomic mass is 9.88. The van der Waals surface area contributed by atoms with Crippen LogP contribution in [-0.4, -0.2) is 17.9 Å². The number of nitrogens with one attached hydrogen (secondary N) is 2. The molecule has 0 spiro atoms. The standard InChI is InChI=1S/C18H26N2O2/c1-3-13(2)19-18(22)15-10-7-11-16(12-15)20-17(21)14-8-5-4-6-9-14/h7,10-14H,3-6,8-9H2,1-2H3,(H,19,22)(H,20,21). The van der Waals surface area contributed by atoms with E-state index in [1.54, 1.807) is 12.1 Å². The highest BCUT2D eigenvalue weighted by atomic mass is 16.2. The largest absolute Gasteiger partial charge is 0.350 e. The maximum atomic E-state index is 12.3. The Hall–Kier alpha value is -1.84. The average molecular weight is 302 g/mol. The minimum absolute atomic E-state index is 0.0826. The Morgan fingerprint density at radius 2 is 1.95 bits per heavy atom. The number of carbonyl (C=O) groups is 2. The molecule has 1 saturated carbocycles. The van der Waals surface area contributed by atoms with Crippen LogP contribution in [0.25, 0.3) is 0 Å². The molecular formula is C18H26N2O2. The molecule has 120 valence electrons. The van der Waals surface area contributed by atoms with Crippen molar-refractivity contribution in [3.05, 3.63) is 29.8 Å². The second-order valence-electron chi connectivity index (χ2n) is 6.19. The van der Waals surface area contributed by atoms with Gasteiger partial charge in [0, 0.05) is 23.2 Å². The molecule has 1 atom stereocenters. The predicted octanol–water partition coefficient (Wildman–Crippen LogP) is 3.73. The van der Waals surface area contributed by atoms with Gasteiger partial charge in [0.15, 0.2) is 0 Å². The maximum Gasteiger partial charge on any atom is 0.251 e. The van der Waals surface area contributed by atoms with Gasteiger partial charge in [0.25, 0.3) is 5.91 Å². The summed E-state index contributed by atoms with van der Waals surface area (Å²) < 4.78 is 0. The van der Waals surface area contributed by atoms with E-state index in [9.17, 15) is 9.59 Å². The summed E-state index contributed by atoms with van der Waals surface area (Å²) in [5, 5.41) is 5.89. The molecule has 1 aliphatic rings. The van der Waals surface area contributed by atoms with Crippen LogP contribution in [0.15, 0.2) is 24.3 Å². The van der Waals surface area contributed by atoms with E-state index in [4.69, 9.17) is 0 Å². The van der Waals surface area contributed by atoms with Crippen LogP contribution >= 0.6 is 0 Å². The van der Waals surface area contributed by atoms with E-state index >= 15 is 0 Å². The molecule has 1 aliphatic carbocycles. The Bertz CT molecular complexity index is 522. The van der Waals surface area contributed by atoms with Crippen LogP contribution in [0.5, 0.6) is 0 Å². The molecule has 4 nitrogen and oxygen atoms in total. The van der Waals surface area contributed by atoms with Crippen molar-refractivity contribution >= 4 is 17.5 Å². The van der Waals surface area contributed by atoms with Gasteiger partial charge in [-0.25, -0.2) is 0 Å². The first-order chi connectivity index (χ1) is 10.6. The number of amides is 2. The van der Waals surface area contributed by atoms with E-state index < -0.39 is 0 Å². The summed E-state index contributed by atoms with van der Waals surface area (Å²) >= 11 is 0. The number of anilines is 1. The molecule has 0 radical (unpaired) electrons. The summed E-state index contributed by atoms with van der Waals surface area (Å²) in [5.74, 6) is 0.105. The van der Waals surface area contributed by atoms with Gasteiger partial charge in [0.2, 0.25) is 5.91 Å². The van der Waals surface area contributed by atoms with Gasteiger partial charge in [-0.3, -0.25) is 9.59 Å². The second-order valence-corrected chi connectivity index (χ2v) is 6.19. The van der Waals surface area contributed by atoms with Gasteiger partial charge >= 0.3 is 0 Å². The van der Waals surface area contributed by atoms with Gasteiger partial charge in [-0.2, -0.15) is 0 Å². The molecule has 1 fully saturated rings. The molecule has 4 heteroatoms. The molecule has 0 aliphatic heterocycles. The average Bonchev–Trinajstić information content (AvgIpc) is 2.55. The van der Waals surface area contributed by atoms with Gasteiger partial charge in [-0.1, -0.05) is 32.3 Å². The van der Waals surface area contributed by atoms with E-state index in [-0.39, 0.29) is 23.8 Å². The van der Waals surface area contributed by atoms with Crippen molar-refractivity contribution < 1.29 is 9.59 Å². The number of hydrogen-bond acceptors (Lipinski definition) is 2. The van der Waals surface area contributed by atoms with Gasteiger partial charge in [0.1, 0.15) is 0 Å². The zero-order chi connectivity index (χ0) is 15.9.